The van der Waals surface area contributed by atoms with Gasteiger partial charge in [0, 0.05) is 11.7 Å². The minimum absolute atomic E-state index is 0.0480. The minimum Gasteiger partial charge on any atom is -0.398 e. The van der Waals surface area contributed by atoms with Crippen molar-refractivity contribution in [3.63, 3.8) is 0 Å². The van der Waals surface area contributed by atoms with E-state index in [2.05, 4.69) is 10.8 Å². The molecular weight excluding hydrogens is 284 g/mol. The van der Waals surface area contributed by atoms with Gasteiger partial charge in [-0.15, -0.1) is 0 Å². The van der Waals surface area contributed by atoms with Crippen molar-refractivity contribution in [2.24, 2.45) is 0 Å². The van der Waals surface area contributed by atoms with E-state index in [9.17, 15) is 8.42 Å². The van der Waals surface area contributed by atoms with E-state index in [0.29, 0.717) is 12.1 Å². The van der Waals surface area contributed by atoms with Crippen molar-refractivity contribution in [3.05, 3.63) is 34.9 Å². The molecule has 3 N–H and O–H groups in total. The third-order valence-electron chi connectivity index (χ3n) is 3.20. The SMILES string of the molecule is Cc1cc(Cl)c(S(=O)(=O)NC2CC=CCC2)cc1N. The first-order valence-corrected chi connectivity index (χ1v) is 7.99. The molecule has 0 amide bonds. The Balaban J connectivity index is 2.29. The zero-order chi connectivity index (χ0) is 14.0. The van der Waals surface area contributed by atoms with Crippen LogP contribution in [-0.2, 0) is 10.0 Å². The van der Waals surface area contributed by atoms with E-state index in [1.165, 1.54) is 6.07 Å². The fourth-order valence-corrected chi connectivity index (χ4v) is 3.96. The number of halogens is 1. The Hall–Kier alpha value is -1.04. The van der Waals surface area contributed by atoms with Crippen molar-refractivity contribution in [2.75, 3.05) is 5.73 Å². The zero-order valence-corrected chi connectivity index (χ0v) is 12.3. The van der Waals surface area contributed by atoms with Gasteiger partial charge in [0.25, 0.3) is 0 Å². The van der Waals surface area contributed by atoms with Crippen molar-refractivity contribution < 1.29 is 8.42 Å². The first-order valence-electron chi connectivity index (χ1n) is 6.13. The molecule has 2 rings (SSSR count). The van der Waals surface area contributed by atoms with Crippen LogP contribution >= 0.6 is 11.6 Å². The Morgan fingerprint density at radius 1 is 1.37 bits per heavy atom. The van der Waals surface area contributed by atoms with Crippen LogP contribution in [0.3, 0.4) is 0 Å². The average molecular weight is 301 g/mol. The molecule has 1 atom stereocenters. The molecule has 0 bridgehead atoms. The molecule has 0 spiro atoms. The molecule has 1 aromatic carbocycles. The molecule has 19 heavy (non-hydrogen) atoms. The molecule has 1 aromatic rings. The number of hydrogen-bond acceptors (Lipinski definition) is 3. The summed E-state index contributed by atoms with van der Waals surface area (Å²) in [5, 5.41) is 0.200. The molecule has 0 aromatic heterocycles. The third kappa shape index (κ3) is 3.29. The smallest absolute Gasteiger partial charge is 0.242 e. The summed E-state index contributed by atoms with van der Waals surface area (Å²) in [5.41, 5.74) is 6.95. The predicted octanol–water partition coefficient (Wildman–Crippen LogP) is 2.62. The van der Waals surface area contributed by atoms with E-state index in [1.807, 2.05) is 6.08 Å². The highest BCUT2D eigenvalue weighted by atomic mass is 35.5. The molecule has 104 valence electrons. The number of benzene rings is 1. The summed E-state index contributed by atoms with van der Waals surface area (Å²) in [6, 6.07) is 2.92. The maximum Gasteiger partial charge on any atom is 0.242 e. The number of anilines is 1. The Bertz CT molecular complexity index is 611. The van der Waals surface area contributed by atoms with Crippen molar-refractivity contribution in [3.8, 4) is 0 Å². The number of allylic oxidation sites excluding steroid dienone is 1. The Labute approximate surface area is 118 Å². The minimum atomic E-state index is -3.63. The standard InChI is InChI=1S/C13H17ClN2O2S/c1-9-7-11(14)13(8-12(9)15)19(17,18)16-10-5-3-2-4-6-10/h2-3,7-8,10,16H,4-6,15H2,1H3. The first-order chi connectivity index (χ1) is 8.90. The van der Waals surface area contributed by atoms with Gasteiger partial charge < -0.3 is 5.73 Å². The topological polar surface area (TPSA) is 72.2 Å². The summed E-state index contributed by atoms with van der Waals surface area (Å²) in [6.45, 7) is 1.79. The first kappa shape index (κ1) is 14.4. The molecule has 0 saturated carbocycles. The van der Waals surface area contributed by atoms with Crippen LogP contribution in [0.15, 0.2) is 29.2 Å². The molecular formula is C13H17ClN2O2S. The lowest BCUT2D eigenvalue weighted by molar-refractivity contribution is 0.522. The van der Waals surface area contributed by atoms with Gasteiger partial charge >= 0.3 is 0 Å². The average Bonchev–Trinajstić information content (AvgIpc) is 2.34. The highest BCUT2D eigenvalue weighted by Crippen LogP contribution is 2.27. The number of nitrogens with two attached hydrogens (primary N) is 1. The third-order valence-corrected chi connectivity index (χ3v) is 5.19. The van der Waals surface area contributed by atoms with Crippen molar-refractivity contribution in [1.82, 2.24) is 4.72 Å². The van der Waals surface area contributed by atoms with Gasteiger partial charge in [0.05, 0.1) is 5.02 Å². The van der Waals surface area contributed by atoms with Crippen molar-refractivity contribution in [1.29, 1.82) is 0 Å². The maximum atomic E-state index is 12.3. The Morgan fingerprint density at radius 2 is 2.11 bits per heavy atom. The second-order valence-electron chi connectivity index (χ2n) is 4.74. The van der Waals surface area contributed by atoms with Gasteiger partial charge in [0.2, 0.25) is 10.0 Å². The van der Waals surface area contributed by atoms with Crippen LogP contribution in [-0.4, -0.2) is 14.5 Å². The lowest BCUT2D eigenvalue weighted by atomic mass is 10.0. The number of nitrogens with one attached hydrogen (secondary N) is 1. The molecule has 0 aliphatic heterocycles. The van der Waals surface area contributed by atoms with Crippen LogP contribution in [0.5, 0.6) is 0 Å². The second-order valence-corrected chi connectivity index (χ2v) is 6.83. The van der Waals surface area contributed by atoms with Crippen LogP contribution in [0.2, 0.25) is 5.02 Å². The van der Waals surface area contributed by atoms with Crippen LogP contribution in [0.25, 0.3) is 0 Å². The zero-order valence-electron chi connectivity index (χ0n) is 10.7. The predicted molar refractivity (Wildman–Crippen MR) is 77.7 cm³/mol. The molecule has 0 fully saturated rings. The van der Waals surface area contributed by atoms with Gasteiger partial charge in [0.1, 0.15) is 4.90 Å². The van der Waals surface area contributed by atoms with E-state index < -0.39 is 10.0 Å². The number of nitrogen functional groups attached to an aromatic ring is 1. The van der Waals surface area contributed by atoms with Gasteiger partial charge in [-0.2, -0.15) is 0 Å². The largest absolute Gasteiger partial charge is 0.398 e. The number of aryl methyl sites for hydroxylation is 1. The number of sulfonamides is 1. The highest BCUT2D eigenvalue weighted by Gasteiger charge is 2.23. The van der Waals surface area contributed by atoms with E-state index >= 15 is 0 Å². The van der Waals surface area contributed by atoms with Crippen LogP contribution in [0, 0.1) is 6.92 Å². The van der Waals surface area contributed by atoms with Gasteiger partial charge in [0.15, 0.2) is 0 Å². The van der Waals surface area contributed by atoms with Crippen LogP contribution in [0.1, 0.15) is 24.8 Å². The lowest BCUT2D eigenvalue weighted by Gasteiger charge is -2.20. The molecule has 4 nitrogen and oxygen atoms in total. The van der Waals surface area contributed by atoms with Crippen molar-refractivity contribution >= 4 is 27.3 Å². The van der Waals surface area contributed by atoms with E-state index in [1.54, 1.807) is 13.0 Å². The van der Waals surface area contributed by atoms with Gasteiger partial charge in [-0.05, 0) is 43.9 Å². The molecule has 1 aliphatic rings. The second kappa shape index (κ2) is 5.53. The van der Waals surface area contributed by atoms with Gasteiger partial charge in [-0.3, -0.25) is 0 Å². The maximum absolute atomic E-state index is 12.3. The van der Waals surface area contributed by atoms with E-state index in [0.717, 1.165) is 18.4 Å². The summed E-state index contributed by atoms with van der Waals surface area (Å²) in [6.07, 6.45) is 6.44. The summed E-state index contributed by atoms with van der Waals surface area (Å²) >= 11 is 6.01. The van der Waals surface area contributed by atoms with E-state index in [4.69, 9.17) is 17.3 Å². The summed E-state index contributed by atoms with van der Waals surface area (Å²) in [4.78, 5) is 0.0480. The monoisotopic (exact) mass is 300 g/mol. The Kier molecular flexibility index (Phi) is 4.18. The number of hydrogen-bond donors (Lipinski definition) is 2. The highest BCUT2D eigenvalue weighted by molar-refractivity contribution is 7.89. The molecule has 0 radical (unpaired) electrons. The fraction of sp³-hybridized carbons (Fsp3) is 0.385. The molecule has 1 aliphatic carbocycles. The number of rotatable bonds is 3. The van der Waals surface area contributed by atoms with Gasteiger partial charge in [-0.1, -0.05) is 23.8 Å². The fourth-order valence-electron chi connectivity index (χ4n) is 2.06. The van der Waals surface area contributed by atoms with Crippen molar-refractivity contribution in [2.45, 2.75) is 37.1 Å². The molecule has 1 unspecified atom stereocenters. The summed E-state index contributed by atoms with van der Waals surface area (Å²) in [5.74, 6) is 0. The Morgan fingerprint density at radius 3 is 2.74 bits per heavy atom. The van der Waals surface area contributed by atoms with Crippen LogP contribution in [0.4, 0.5) is 5.69 Å². The molecule has 0 saturated heterocycles. The summed E-state index contributed by atoms with van der Waals surface area (Å²) < 4.78 is 27.3. The normalized spacial score (nSPS) is 19.6. The quantitative estimate of drug-likeness (QED) is 0.666. The summed E-state index contributed by atoms with van der Waals surface area (Å²) in [7, 11) is -3.63. The van der Waals surface area contributed by atoms with Gasteiger partial charge in [-0.25, -0.2) is 13.1 Å². The lowest BCUT2D eigenvalue weighted by Crippen LogP contribution is -2.35. The van der Waals surface area contributed by atoms with E-state index in [-0.39, 0.29) is 16.0 Å². The molecule has 0 heterocycles. The molecule has 6 heteroatoms. The van der Waals surface area contributed by atoms with Crippen LogP contribution < -0.4 is 10.5 Å².